The van der Waals surface area contributed by atoms with E-state index in [1.54, 1.807) is 12.5 Å². The monoisotopic (exact) mass is 359 g/mol. The summed E-state index contributed by atoms with van der Waals surface area (Å²) in [5.74, 6) is -0.0878. The Morgan fingerprint density at radius 1 is 1.15 bits per heavy atom. The molecule has 0 saturated carbocycles. The van der Waals surface area contributed by atoms with E-state index in [-0.39, 0.29) is 12.3 Å². The zero-order valence-corrected chi connectivity index (χ0v) is 15.4. The molecular weight excluding hydrogens is 338 g/mol. The number of amides is 1. The first-order valence-electron chi connectivity index (χ1n) is 8.92. The van der Waals surface area contributed by atoms with E-state index in [0.717, 1.165) is 27.7 Å². The van der Waals surface area contributed by atoms with Crippen LogP contribution in [-0.4, -0.2) is 15.7 Å². The lowest BCUT2D eigenvalue weighted by Crippen LogP contribution is -2.13. The molecule has 0 spiro atoms. The highest BCUT2D eigenvalue weighted by Crippen LogP contribution is 2.27. The second-order valence-corrected chi connectivity index (χ2v) is 6.78. The molecule has 0 radical (unpaired) electrons. The van der Waals surface area contributed by atoms with E-state index in [2.05, 4.69) is 23.4 Å². The number of hydrogen-bond donors (Lipinski definition) is 1. The van der Waals surface area contributed by atoms with Crippen molar-refractivity contribution >= 4 is 22.6 Å². The third-order valence-electron chi connectivity index (χ3n) is 4.80. The lowest BCUT2D eigenvalue weighted by Gasteiger charge is -2.03. The Morgan fingerprint density at radius 3 is 2.78 bits per heavy atom. The number of fused-ring (bicyclic) bond motifs is 1. The fourth-order valence-electron chi connectivity index (χ4n) is 3.19. The summed E-state index contributed by atoms with van der Waals surface area (Å²) in [6, 6.07) is 14.2. The van der Waals surface area contributed by atoms with Gasteiger partial charge in [-0.15, -0.1) is 0 Å². The van der Waals surface area contributed by atoms with Gasteiger partial charge in [0.2, 0.25) is 5.91 Å². The van der Waals surface area contributed by atoms with Crippen molar-refractivity contribution in [2.45, 2.75) is 26.8 Å². The van der Waals surface area contributed by atoms with Gasteiger partial charge in [0.25, 0.3) is 0 Å². The molecule has 5 heteroatoms. The SMILES string of the molecule is Cc1ccc2c(CC(=O)Nc3cnn(Cc4ccccc4)c3)coc2c1C. The molecule has 1 amide bonds. The molecule has 0 aliphatic heterocycles. The average molecular weight is 359 g/mol. The van der Waals surface area contributed by atoms with Crippen LogP contribution in [0.5, 0.6) is 0 Å². The first kappa shape index (κ1) is 17.1. The molecular formula is C22H21N3O2. The molecule has 4 aromatic rings. The van der Waals surface area contributed by atoms with Crippen molar-refractivity contribution in [3.8, 4) is 0 Å². The molecule has 5 nitrogen and oxygen atoms in total. The Bertz CT molecular complexity index is 1090. The van der Waals surface area contributed by atoms with Gasteiger partial charge in [-0.05, 0) is 30.5 Å². The molecule has 2 heterocycles. The maximum Gasteiger partial charge on any atom is 0.229 e. The average Bonchev–Trinajstić information content (AvgIpc) is 3.26. The Morgan fingerprint density at radius 2 is 1.96 bits per heavy atom. The minimum atomic E-state index is -0.0878. The second kappa shape index (κ2) is 7.11. The van der Waals surface area contributed by atoms with Crippen LogP contribution in [0.25, 0.3) is 11.0 Å². The van der Waals surface area contributed by atoms with Crippen molar-refractivity contribution in [3.05, 3.63) is 83.4 Å². The zero-order valence-electron chi connectivity index (χ0n) is 15.4. The van der Waals surface area contributed by atoms with Gasteiger partial charge in [0, 0.05) is 17.1 Å². The highest BCUT2D eigenvalue weighted by Gasteiger charge is 2.13. The molecule has 0 atom stereocenters. The molecule has 2 aromatic heterocycles. The maximum absolute atomic E-state index is 12.5. The van der Waals surface area contributed by atoms with Crippen molar-refractivity contribution in [2.24, 2.45) is 0 Å². The Balaban J connectivity index is 1.44. The molecule has 1 N–H and O–H groups in total. The van der Waals surface area contributed by atoms with Gasteiger partial charge in [-0.2, -0.15) is 5.10 Å². The van der Waals surface area contributed by atoms with Crippen LogP contribution in [0.15, 0.2) is 65.5 Å². The van der Waals surface area contributed by atoms with E-state index in [1.165, 1.54) is 5.56 Å². The summed E-state index contributed by atoms with van der Waals surface area (Å²) >= 11 is 0. The van der Waals surface area contributed by atoms with Crippen LogP contribution >= 0.6 is 0 Å². The molecule has 0 fully saturated rings. The van der Waals surface area contributed by atoms with Gasteiger partial charge in [0.1, 0.15) is 5.58 Å². The third-order valence-corrected chi connectivity index (χ3v) is 4.80. The molecule has 0 aliphatic carbocycles. The Labute approximate surface area is 157 Å². The summed E-state index contributed by atoms with van der Waals surface area (Å²) in [4.78, 5) is 12.5. The molecule has 27 heavy (non-hydrogen) atoms. The van der Waals surface area contributed by atoms with Crippen LogP contribution < -0.4 is 5.32 Å². The fraction of sp³-hybridized carbons (Fsp3) is 0.182. The molecule has 0 saturated heterocycles. The summed E-state index contributed by atoms with van der Waals surface area (Å²) in [7, 11) is 0. The number of carbonyl (C=O) groups excluding carboxylic acids is 1. The number of aromatic nitrogens is 2. The van der Waals surface area contributed by atoms with E-state index >= 15 is 0 Å². The molecule has 2 aromatic carbocycles. The largest absolute Gasteiger partial charge is 0.464 e. The number of nitrogens with one attached hydrogen (secondary N) is 1. The standard InChI is InChI=1S/C22H21N3O2/c1-15-8-9-20-18(14-27-22(20)16(15)2)10-21(26)24-19-11-23-25(13-19)12-17-6-4-3-5-7-17/h3-9,11,13-14H,10,12H2,1-2H3,(H,24,26). The molecule has 136 valence electrons. The van der Waals surface area contributed by atoms with Gasteiger partial charge < -0.3 is 9.73 Å². The van der Waals surface area contributed by atoms with Gasteiger partial charge in [0.15, 0.2) is 0 Å². The maximum atomic E-state index is 12.5. The number of nitrogens with zero attached hydrogens (tertiary/aromatic N) is 2. The smallest absolute Gasteiger partial charge is 0.229 e. The van der Waals surface area contributed by atoms with E-state index in [0.29, 0.717) is 12.2 Å². The van der Waals surface area contributed by atoms with Crippen molar-refractivity contribution in [2.75, 3.05) is 5.32 Å². The van der Waals surface area contributed by atoms with Gasteiger partial charge in [0.05, 0.1) is 31.1 Å². The first-order valence-corrected chi connectivity index (χ1v) is 8.92. The molecule has 0 unspecified atom stereocenters. The predicted molar refractivity (Wildman–Crippen MR) is 106 cm³/mol. The Hall–Kier alpha value is -3.34. The Kier molecular flexibility index (Phi) is 4.50. The number of carbonyl (C=O) groups is 1. The van der Waals surface area contributed by atoms with Crippen LogP contribution in [0, 0.1) is 13.8 Å². The molecule has 0 aliphatic rings. The second-order valence-electron chi connectivity index (χ2n) is 6.78. The van der Waals surface area contributed by atoms with E-state index in [1.807, 2.05) is 54.2 Å². The number of rotatable bonds is 5. The topological polar surface area (TPSA) is 60.1 Å². The van der Waals surface area contributed by atoms with Crippen LogP contribution in [0.3, 0.4) is 0 Å². The normalized spacial score (nSPS) is 11.0. The van der Waals surface area contributed by atoms with E-state index < -0.39 is 0 Å². The zero-order chi connectivity index (χ0) is 18.8. The van der Waals surface area contributed by atoms with Crippen molar-refractivity contribution in [1.29, 1.82) is 0 Å². The van der Waals surface area contributed by atoms with Crippen molar-refractivity contribution in [1.82, 2.24) is 9.78 Å². The minimum absolute atomic E-state index is 0.0878. The van der Waals surface area contributed by atoms with Gasteiger partial charge in [-0.1, -0.05) is 42.5 Å². The predicted octanol–water partition coefficient (Wildman–Crippen LogP) is 4.48. The highest BCUT2D eigenvalue weighted by molar-refractivity contribution is 5.95. The van der Waals surface area contributed by atoms with Gasteiger partial charge >= 0.3 is 0 Å². The molecule has 4 rings (SSSR count). The van der Waals surface area contributed by atoms with Crippen LogP contribution in [0.2, 0.25) is 0 Å². The summed E-state index contributed by atoms with van der Waals surface area (Å²) in [5.41, 5.74) is 5.89. The lowest BCUT2D eigenvalue weighted by molar-refractivity contribution is -0.115. The third kappa shape index (κ3) is 3.62. The lowest BCUT2D eigenvalue weighted by atomic mass is 10.0. The van der Waals surface area contributed by atoms with Gasteiger partial charge in [-0.25, -0.2) is 0 Å². The van der Waals surface area contributed by atoms with E-state index in [9.17, 15) is 4.79 Å². The van der Waals surface area contributed by atoms with Crippen LogP contribution in [0.4, 0.5) is 5.69 Å². The minimum Gasteiger partial charge on any atom is -0.464 e. The van der Waals surface area contributed by atoms with Gasteiger partial charge in [-0.3, -0.25) is 9.48 Å². The quantitative estimate of drug-likeness (QED) is 0.572. The van der Waals surface area contributed by atoms with Crippen molar-refractivity contribution in [3.63, 3.8) is 0 Å². The molecule has 0 bridgehead atoms. The first-order chi connectivity index (χ1) is 13.1. The summed E-state index contributed by atoms with van der Waals surface area (Å²) < 4.78 is 7.50. The number of benzene rings is 2. The number of anilines is 1. The number of furan rings is 1. The number of hydrogen-bond acceptors (Lipinski definition) is 3. The summed E-state index contributed by atoms with van der Waals surface area (Å²) in [6.45, 7) is 4.75. The van der Waals surface area contributed by atoms with Crippen LogP contribution in [0.1, 0.15) is 22.3 Å². The van der Waals surface area contributed by atoms with E-state index in [4.69, 9.17) is 4.42 Å². The summed E-state index contributed by atoms with van der Waals surface area (Å²) in [5, 5.41) is 8.22. The fourth-order valence-corrected chi connectivity index (χ4v) is 3.19. The van der Waals surface area contributed by atoms with Crippen molar-refractivity contribution < 1.29 is 9.21 Å². The highest BCUT2D eigenvalue weighted by atomic mass is 16.3. The number of aryl methyl sites for hydroxylation is 2. The van der Waals surface area contributed by atoms with Crippen LogP contribution in [-0.2, 0) is 17.8 Å². The summed E-state index contributed by atoms with van der Waals surface area (Å²) in [6.07, 6.45) is 5.45.